The minimum atomic E-state index is -3.87. The van der Waals surface area contributed by atoms with Gasteiger partial charge in [-0.25, -0.2) is 8.42 Å². The van der Waals surface area contributed by atoms with E-state index in [-0.39, 0.29) is 30.2 Å². The second kappa shape index (κ2) is 8.16. The van der Waals surface area contributed by atoms with Crippen LogP contribution in [0, 0.1) is 13.8 Å². The summed E-state index contributed by atoms with van der Waals surface area (Å²) in [6.07, 6.45) is 0. The van der Waals surface area contributed by atoms with Crippen LogP contribution in [0.15, 0.2) is 56.6 Å². The van der Waals surface area contributed by atoms with Crippen LogP contribution < -0.4 is 5.56 Å². The van der Waals surface area contributed by atoms with Crippen molar-refractivity contribution in [2.75, 3.05) is 13.2 Å². The van der Waals surface area contributed by atoms with Crippen molar-refractivity contribution in [2.45, 2.75) is 25.3 Å². The van der Waals surface area contributed by atoms with Gasteiger partial charge in [0.1, 0.15) is 0 Å². The summed E-state index contributed by atoms with van der Waals surface area (Å²) in [7, 11) is -3.87. The van der Waals surface area contributed by atoms with Crippen LogP contribution in [0.5, 0.6) is 0 Å². The van der Waals surface area contributed by atoms with E-state index in [0.29, 0.717) is 5.56 Å². The lowest BCUT2D eigenvalue weighted by Gasteiger charge is -2.21. The number of pyridine rings is 1. The topological polar surface area (TPSA) is 90.5 Å². The molecule has 0 atom stereocenters. The zero-order valence-electron chi connectivity index (χ0n) is 15.6. The number of fused-ring (bicyclic) bond motifs is 1. The number of sulfonamides is 1. The van der Waals surface area contributed by atoms with E-state index in [1.807, 2.05) is 26.0 Å². The van der Waals surface area contributed by atoms with Crippen LogP contribution in [0.25, 0.3) is 10.9 Å². The fourth-order valence-corrected chi connectivity index (χ4v) is 4.75. The summed E-state index contributed by atoms with van der Waals surface area (Å²) < 4.78 is 27.9. The monoisotopic (exact) mass is 464 g/mol. The van der Waals surface area contributed by atoms with Gasteiger partial charge < -0.3 is 10.1 Å². The van der Waals surface area contributed by atoms with E-state index in [1.165, 1.54) is 12.1 Å². The molecule has 6 nitrogen and oxygen atoms in total. The summed E-state index contributed by atoms with van der Waals surface area (Å²) in [5.41, 5.74) is 2.67. The van der Waals surface area contributed by atoms with Crippen LogP contribution >= 0.6 is 15.9 Å². The SMILES string of the molecule is Cc1ccc(C)c2[nH]c(=O)c(CN(CCO)S(=O)(=O)c3ccc(Br)cc3)cc12. The van der Waals surface area contributed by atoms with Crippen LogP contribution in [0.3, 0.4) is 0 Å². The number of nitrogens with zero attached hydrogens (tertiary/aromatic N) is 1. The highest BCUT2D eigenvalue weighted by molar-refractivity contribution is 9.10. The van der Waals surface area contributed by atoms with Crippen molar-refractivity contribution in [3.05, 3.63) is 74.0 Å². The summed E-state index contributed by atoms with van der Waals surface area (Å²) >= 11 is 3.28. The van der Waals surface area contributed by atoms with E-state index in [4.69, 9.17) is 0 Å². The zero-order chi connectivity index (χ0) is 20.5. The quantitative estimate of drug-likeness (QED) is 0.586. The second-order valence-corrected chi connectivity index (χ2v) is 9.48. The summed E-state index contributed by atoms with van der Waals surface area (Å²) in [6.45, 7) is 3.26. The van der Waals surface area contributed by atoms with Crippen molar-refractivity contribution in [3.8, 4) is 0 Å². The van der Waals surface area contributed by atoms with Crippen molar-refractivity contribution in [1.29, 1.82) is 0 Å². The fraction of sp³-hybridized carbons (Fsp3) is 0.250. The van der Waals surface area contributed by atoms with Crippen LogP contribution in [0.4, 0.5) is 0 Å². The Bertz CT molecular complexity index is 1170. The smallest absolute Gasteiger partial charge is 0.252 e. The van der Waals surface area contributed by atoms with Crippen LogP contribution in [0.2, 0.25) is 0 Å². The lowest BCUT2D eigenvalue weighted by Crippen LogP contribution is -2.35. The third-order valence-electron chi connectivity index (χ3n) is 4.67. The van der Waals surface area contributed by atoms with Gasteiger partial charge in [-0.15, -0.1) is 0 Å². The number of nitrogens with one attached hydrogen (secondary N) is 1. The molecule has 1 heterocycles. The fourth-order valence-electron chi connectivity index (χ4n) is 3.08. The third kappa shape index (κ3) is 4.05. The van der Waals surface area contributed by atoms with E-state index >= 15 is 0 Å². The molecule has 3 aromatic rings. The number of aromatic nitrogens is 1. The minimum absolute atomic E-state index is 0.105. The highest BCUT2D eigenvalue weighted by atomic mass is 79.9. The van der Waals surface area contributed by atoms with Gasteiger partial charge in [0.05, 0.1) is 17.0 Å². The molecular formula is C20H21BrN2O4S. The largest absolute Gasteiger partial charge is 0.395 e. The summed E-state index contributed by atoms with van der Waals surface area (Å²) in [5, 5.41) is 10.3. The number of H-pyrrole nitrogens is 1. The molecule has 0 aliphatic carbocycles. The summed E-state index contributed by atoms with van der Waals surface area (Å²) in [6, 6.07) is 11.9. The molecule has 28 heavy (non-hydrogen) atoms. The summed E-state index contributed by atoms with van der Waals surface area (Å²) in [5.74, 6) is 0. The van der Waals surface area contributed by atoms with Crippen LogP contribution in [-0.2, 0) is 16.6 Å². The zero-order valence-corrected chi connectivity index (χ0v) is 18.0. The number of aromatic amines is 1. The molecule has 1 aromatic heterocycles. The molecule has 0 bridgehead atoms. The number of hydrogen-bond donors (Lipinski definition) is 2. The van der Waals surface area contributed by atoms with E-state index in [0.717, 1.165) is 30.8 Å². The predicted molar refractivity (Wildman–Crippen MR) is 113 cm³/mol. The number of aliphatic hydroxyl groups is 1. The molecule has 0 spiro atoms. The molecule has 0 saturated heterocycles. The van der Waals surface area contributed by atoms with E-state index in [9.17, 15) is 18.3 Å². The first-order chi connectivity index (χ1) is 13.2. The first-order valence-corrected chi connectivity index (χ1v) is 11.0. The van der Waals surface area contributed by atoms with Crippen molar-refractivity contribution in [1.82, 2.24) is 9.29 Å². The van der Waals surface area contributed by atoms with Crippen molar-refractivity contribution >= 4 is 36.9 Å². The number of hydrogen-bond acceptors (Lipinski definition) is 4. The molecule has 8 heteroatoms. The molecule has 0 fully saturated rings. The standard InChI is InChI=1S/C20H21BrN2O4S/c1-13-3-4-14(2)19-18(13)11-15(20(25)22-19)12-23(9-10-24)28(26,27)17-7-5-16(21)6-8-17/h3-8,11,24H,9-10,12H2,1-2H3,(H,22,25). The maximum Gasteiger partial charge on any atom is 0.252 e. The van der Waals surface area contributed by atoms with Crippen LogP contribution in [0.1, 0.15) is 16.7 Å². The Labute approximate surface area is 172 Å². The maximum atomic E-state index is 13.0. The van der Waals surface area contributed by atoms with Gasteiger partial charge in [0.2, 0.25) is 10.0 Å². The molecule has 0 aliphatic rings. The summed E-state index contributed by atoms with van der Waals surface area (Å²) in [4.78, 5) is 15.6. The van der Waals surface area contributed by atoms with Crippen molar-refractivity contribution in [3.63, 3.8) is 0 Å². The Balaban J connectivity index is 2.05. The Hall–Kier alpha value is -2.00. The molecule has 0 aliphatic heterocycles. The molecular weight excluding hydrogens is 444 g/mol. The van der Waals surface area contributed by atoms with Gasteiger partial charge in [-0.05, 0) is 55.3 Å². The average Bonchev–Trinajstić information content (AvgIpc) is 2.66. The van der Waals surface area contributed by atoms with E-state index < -0.39 is 10.0 Å². The Kier molecular flexibility index (Phi) is 6.04. The maximum absolute atomic E-state index is 13.0. The molecule has 3 rings (SSSR count). The van der Waals surface area contributed by atoms with Crippen molar-refractivity contribution in [2.24, 2.45) is 0 Å². The second-order valence-electron chi connectivity index (χ2n) is 6.63. The van der Waals surface area contributed by atoms with Gasteiger partial charge in [0.15, 0.2) is 0 Å². The third-order valence-corrected chi connectivity index (χ3v) is 7.06. The predicted octanol–water partition coefficient (Wildman–Crippen LogP) is 3.09. The van der Waals surface area contributed by atoms with Gasteiger partial charge in [0.25, 0.3) is 5.56 Å². The van der Waals surface area contributed by atoms with Gasteiger partial charge in [-0.2, -0.15) is 4.31 Å². The number of rotatable bonds is 6. The Morgan fingerprint density at radius 3 is 2.36 bits per heavy atom. The lowest BCUT2D eigenvalue weighted by atomic mass is 10.0. The number of aliphatic hydroxyl groups excluding tert-OH is 1. The molecule has 148 valence electrons. The molecule has 0 amide bonds. The normalized spacial score (nSPS) is 12.0. The first kappa shape index (κ1) is 20.7. The van der Waals surface area contributed by atoms with Gasteiger partial charge in [-0.3, -0.25) is 4.79 Å². The highest BCUT2D eigenvalue weighted by Crippen LogP contribution is 2.23. The first-order valence-electron chi connectivity index (χ1n) is 8.72. The van der Waals surface area contributed by atoms with Crippen molar-refractivity contribution < 1.29 is 13.5 Å². The van der Waals surface area contributed by atoms with Crippen LogP contribution in [-0.4, -0.2) is 36.0 Å². The highest BCUT2D eigenvalue weighted by Gasteiger charge is 2.25. The van der Waals surface area contributed by atoms with Gasteiger partial charge in [-0.1, -0.05) is 28.1 Å². The average molecular weight is 465 g/mol. The molecule has 2 N–H and O–H groups in total. The molecule has 0 radical (unpaired) electrons. The number of benzene rings is 2. The number of aryl methyl sites for hydroxylation is 2. The van der Waals surface area contributed by atoms with E-state index in [1.54, 1.807) is 18.2 Å². The minimum Gasteiger partial charge on any atom is -0.395 e. The molecule has 0 unspecified atom stereocenters. The van der Waals surface area contributed by atoms with E-state index in [2.05, 4.69) is 20.9 Å². The van der Waals surface area contributed by atoms with Gasteiger partial charge in [0, 0.05) is 28.5 Å². The molecule has 2 aromatic carbocycles. The molecule has 0 saturated carbocycles. The number of halogens is 1. The lowest BCUT2D eigenvalue weighted by molar-refractivity contribution is 0.251. The van der Waals surface area contributed by atoms with Gasteiger partial charge >= 0.3 is 0 Å². The Morgan fingerprint density at radius 2 is 1.71 bits per heavy atom. The Morgan fingerprint density at radius 1 is 1.07 bits per heavy atom.